The molecule has 0 aromatic carbocycles. The summed E-state index contributed by atoms with van der Waals surface area (Å²) in [6.07, 6.45) is 7.41. The lowest BCUT2D eigenvalue weighted by atomic mass is 9.96. The first-order chi connectivity index (χ1) is 8.67. The molecular weight excluding hydrogens is 224 g/mol. The summed E-state index contributed by atoms with van der Waals surface area (Å²) in [5.74, 6) is 0. The fourth-order valence-corrected chi connectivity index (χ4v) is 3.45. The molecule has 18 heavy (non-hydrogen) atoms. The molecule has 0 aromatic heterocycles. The maximum Gasteiger partial charge on any atom is 0.0768 e. The Hall–Kier alpha value is -0.120. The third-order valence-electron chi connectivity index (χ3n) is 5.08. The van der Waals surface area contributed by atoms with Gasteiger partial charge in [-0.1, -0.05) is 26.7 Å². The molecule has 3 heteroatoms. The van der Waals surface area contributed by atoms with Crippen molar-refractivity contribution in [2.45, 2.75) is 64.0 Å². The van der Waals surface area contributed by atoms with Gasteiger partial charge in [0.15, 0.2) is 0 Å². The predicted octanol–water partition coefficient (Wildman–Crippen LogP) is 2.10. The van der Waals surface area contributed by atoms with Crippen molar-refractivity contribution in [2.24, 2.45) is 0 Å². The third-order valence-corrected chi connectivity index (χ3v) is 5.08. The SMILES string of the molecule is CCC(O)(CC)CN1CCN(C2CCCC2)CC1. The molecule has 0 amide bonds. The van der Waals surface area contributed by atoms with Crippen LogP contribution in [-0.2, 0) is 0 Å². The van der Waals surface area contributed by atoms with Gasteiger partial charge in [-0.05, 0) is 25.7 Å². The van der Waals surface area contributed by atoms with Crippen LogP contribution in [0, 0.1) is 0 Å². The van der Waals surface area contributed by atoms with Gasteiger partial charge >= 0.3 is 0 Å². The van der Waals surface area contributed by atoms with Gasteiger partial charge in [0, 0.05) is 38.8 Å². The van der Waals surface area contributed by atoms with Gasteiger partial charge < -0.3 is 5.11 Å². The van der Waals surface area contributed by atoms with E-state index in [1.54, 1.807) is 0 Å². The first-order valence-electron chi connectivity index (χ1n) is 7.85. The minimum atomic E-state index is -0.463. The topological polar surface area (TPSA) is 26.7 Å². The summed E-state index contributed by atoms with van der Waals surface area (Å²) in [5.41, 5.74) is -0.463. The van der Waals surface area contributed by atoms with Crippen molar-refractivity contribution in [2.75, 3.05) is 32.7 Å². The van der Waals surface area contributed by atoms with Crippen molar-refractivity contribution in [3.63, 3.8) is 0 Å². The highest BCUT2D eigenvalue weighted by atomic mass is 16.3. The summed E-state index contributed by atoms with van der Waals surface area (Å²) in [6, 6.07) is 0.864. The number of β-amino-alcohol motifs (C(OH)–C–C–N with tert-alkyl or cyclic N) is 1. The lowest BCUT2D eigenvalue weighted by Gasteiger charge is -2.41. The average molecular weight is 254 g/mol. The number of hydrogen-bond acceptors (Lipinski definition) is 3. The number of hydrogen-bond donors (Lipinski definition) is 1. The highest BCUT2D eigenvalue weighted by Crippen LogP contribution is 2.25. The molecule has 0 radical (unpaired) electrons. The monoisotopic (exact) mass is 254 g/mol. The van der Waals surface area contributed by atoms with E-state index in [0.29, 0.717) is 0 Å². The van der Waals surface area contributed by atoms with Gasteiger partial charge in [-0.15, -0.1) is 0 Å². The minimum Gasteiger partial charge on any atom is -0.389 e. The lowest BCUT2D eigenvalue weighted by molar-refractivity contribution is -0.0191. The van der Waals surface area contributed by atoms with Crippen molar-refractivity contribution in [3.8, 4) is 0 Å². The molecule has 2 aliphatic rings. The predicted molar refractivity (Wildman–Crippen MR) is 75.8 cm³/mol. The Morgan fingerprint density at radius 3 is 2.06 bits per heavy atom. The van der Waals surface area contributed by atoms with Crippen molar-refractivity contribution >= 4 is 0 Å². The molecule has 1 aliphatic carbocycles. The summed E-state index contributed by atoms with van der Waals surface area (Å²) >= 11 is 0. The molecule has 1 N–H and O–H groups in total. The minimum absolute atomic E-state index is 0.463. The van der Waals surface area contributed by atoms with Crippen LogP contribution in [0.4, 0.5) is 0 Å². The second-order valence-electron chi connectivity index (χ2n) is 6.18. The Bertz CT molecular complexity index is 239. The van der Waals surface area contributed by atoms with E-state index in [-0.39, 0.29) is 0 Å². The average Bonchev–Trinajstić information content (AvgIpc) is 2.93. The first-order valence-corrected chi connectivity index (χ1v) is 7.85. The standard InChI is InChI=1S/C15H30N2O/c1-3-15(18,4-2)13-16-9-11-17(12-10-16)14-7-5-6-8-14/h14,18H,3-13H2,1-2H3. The van der Waals surface area contributed by atoms with Gasteiger partial charge in [0.2, 0.25) is 0 Å². The molecule has 0 unspecified atom stereocenters. The summed E-state index contributed by atoms with van der Waals surface area (Å²) in [5, 5.41) is 10.4. The van der Waals surface area contributed by atoms with Crippen molar-refractivity contribution < 1.29 is 5.11 Å². The number of piperazine rings is 1. The zero-order valence-corrected chi connectivity index (χ0v) is 12.2. The highest BCUT2D eigenvalue weighted by Gasteiger charge is 2.30. The summed E-state index contributed by atoms with van der Waals surface area (Å²) in [6.45, 7) is 9.73. The van der Waals surface area contributed by atoms with Crippen LogP contribution in [0.5, 0.6) is 0 Å². The molecule has 0 bridgehead atoms. The Kier molecular flexibility index (Phi) is 5.05. The number of nitrogens with zero attached hydrogens (tertiary/aromatic N) is 2. The van der Waals surface area contributed by atoms with Crippen molar-refractivity contribution in [3.05, 3.63) is 0 Å². The van der Waals surface area contributed by atoms with Gasteiger partial charge in [-0.25, -0.2) is 0 Å². The molecule has 2 rings (SSSR count). The second-order valence-corrected chi connectivity index (χ2v) is 6.18. The van der Waals surface area contributed by atoms with Gasteiger partial charge in [-0.2, -0.15) is 0 Å². The largest absolute Gasteiger partial charge is 0.389 e. The van der Waals surface area contributed by atoms with Crippen molar-refractivity contribution in [1.82, 2.24) is 9.80 Å². The molecule has 0 aromatic rings. The second kappa shape index (κ2) is 6.36. The fourth-order valence-electron chi connectivity index (χ4n) is 3.45. The van der Waals surface area contributed by atoms with E-state index in [0.717, 1.165) is 38.5 Å². The Morgan fingerprint density at radius 1 is 1.00 bits per heavy atom. The summed E-state index contributed by atoms with van der Waals surface area (Å²) in [4.78, 5) is 5.14. The Balaban J connectivity index is 1.76. The molecule has 1 aliphatic heterocycles. The Labute approximate surface area is 112 Å². The molecule has 106 valence electrons. The van der Waals surface area contributed by atoms with E-state index >= 15 is 0 Å². The van der Waals surface area contributed by atoms with Crippen LogP contribution >= 0.6 is 0 Å². The zero-order valence-electron chi connectivity index (χ0n) is 12.2. The molecule has 0 spiro atoms. The summed E-state index contributed by atoms with van der Waals surface area (Å²) in [7, 11) is 0. The lowest BCUT2D eigenvalue weighted by Crippen LogP contribution is -2.53. The fraction of sp³-hybridized carbons (Fsp3) is 1.00. The van der Waals surface area contributed by atoms with Crippen LogP contribution in [0.2, 0.25) is 0 Å². The van der Waals surface area contributed by atoms with E-state index in [1.165, 1.54) is 38.8 Å². The van der Waals surface area contributed by atoms with E-state index < -0.39 is 5.60 Å². The first kappa shape index (κ1) is 14.3. The summed E-state index contributed by atoms with van der Waals surface area (Å²) < 4.78 is 0. The maximum absolute atomic E-state index is 10.4. The molecule has 3 nitrogen and oxygen atoms in total. The smallest absolute Gasteiger partial charge is 0.0768 e. The normalized spacial score (nSPS) is 24.8. The van der Waals surface area contributed by atoms with Crippen LogP contribution in [0.15, 0.2) is 0 Å². The maximum atomic E-state index is 10.4. The van der Waals surface area contributed by atoms with Crippen LogP contribution in [0.1, 0.15) is 52.4 Å². The quantitative estimate of drug-likeness (QED) is 0.814. The van der Waals surface area contributed by atoms with Gasteiger partial charge in [-0.3, -0.25) is 9.80 Å². The third kappa shape index (κ3) is 3.46. The number of aliphatic hydroxyl groups is 1. The van der Waals surface area contributed by atoms with Gasteiger partial charge in [0.05, 0.1) is 5.60 Å². The van der Waals surface area contributed by atoms with E-state index in [4.69, 9.17) is 0 Å². The van der Waals surface area contributed by atoms with Crippen molar-refractivity contribution in [1.29, 1.82) is 0 Å². The van der Waals surface area contributed by atoms with Crippen LogP contribution in [0.3, 0.4) is 0 Å². The van der Waals surface area contributed by atoms with E-state index in [1.807, 2.05) is 0 Å². The van der Waals surface area contributed by atoms with Gasteiger partial charge in [0.1, 0.15) is 0 Å². The van der Waals surface area contributed by atoms with Crippen LogP contribution < -0.4 is 0 Å². The molecule has 2 fully saturated rings. The zero-order chi connectivity index (χ0) is 13.0. The van der Waals surface area contributed by atoms with Gasteiger partial charge in [0.25, 0.3) is 0 Å². The van der Waals surface area contributed by atoms with E-state index in [2.05, 4.69) is 23.6 Å². The molecule has 1 saturated heterocycles. The molecule has 1 heterocycles. The van der Waals surface area contributed by atoms with Crippen LogP contribution in [-0.4, -0.2) is 59.3 Å². The Morgan fingerprint density at radius 2 is 1.56 bits per heavy atom. The molecular formula is C15H30N2O. The van der Waals surface area contributed by atoms with E-state index in [9.17, 15) is 5.11 Å². The molecule has 0 atom stereocenters. The number of rotatable bonds is 5. The highest BCUT2D eigenvalue weighted by molar-refractivity contribution is 4.85. The van der Waals surface area contributed by atoms with Crippen LogP contribution in [0.25, 0.3) is 0 Å². The molecule has 1 saturated carbocycles.